The second kappa shape index (κ2) is 4.91. The Labute approximate surface area is 99.9 Å². The van der Waals surface area contributed by atoms with Crippen molar-refractivity contribution < 1.29 is 4.79 Å². The molecule has 2 rings (SSSR count). The molecule has 1 heterocycles. The van der Waals surface area contributed by atoms with Gasteiger partial charge in [-0.25, -0.2) is 4.98 Å². The van der Waals surface area contributed by atoms with Crippen LogP contribution in [0.3, 0.4) is 0 Å². The number of rotatable bonds is 2. The lowest BCUT2D eigenvalue weighted by Gasteiger charge is -2.31. The fourth-order valence-corrected chi connectivity index (χ4v) is 2.12. The van der Waals surface area contributed by atoms with Gasteiger partial charge < -0.3 is 5.32 Å². The standard InChI is InChI=1S/C12H14N4O/c13-9-12(4-2-1-3-5-12)16-11(17)10-8-14-6-7-15-10/h6-8H,1-5H2,(H,16,17). The van der Waals surface area contributed by atoms with Gasteiger partial charge in [-0.3, -0.25) is 9.78 Å². The minimum Gasteiger partial charge on any atom is -0.332 e. The lowest BCUT2D eigenvalue weighted by Crippen LogP contribution is -2.48. The summed E-state index contributed by atoms with van der Waals surface area (Å²) in [5.74, 6) is -0.318. The van der Waals surface area contributed by atoms with Crippen molar-refractivity contribution in [2.45, 2.75) is 37.6 Å². The van der Waals surface area contributed by atoms with Gasteiger partial charge in [-0.2, -0.15) is 5.26 Å². The summed E-state index contributed by atoms with van der Waals surface area (Å²) in [5, 5.41) is 12.0. The van der Waals surface area contributed by atoms with Crippen LogP contribution in [-0.2, 0) is 0 Å². The number of carbonyl (C=O) groups is 1. The molecule has 1 aliphatic carbocycles. The van der Waals surface area contributed by atoms with Gasteiger partial charge in [0, 0.05) is 12.4 Å². The Morgan fingerprint density at radius 3 is 2.71 bits per heavy atom. The van der Waals surface area contributed by atoms with Crippen molar-refractivity contribution in [1.82, 2.24) is 15.3 Å². The Morgan fingerprint density at radius 1 is 1.35 bits per heavy atom. The fourth-order valence-electron chi connectivity index (χ4n) is 2.12. The minimum atomic E-state index is -0.715. The maximum Gasteiger partial charge on any atom is 0.272 e. The van der Waals surface area contributed by atoms with E-state index in [1.54, 1.807) is 0 Å². The summed E-state index contributed by atoms with van der Waals surface area (Å²) in [5.41, 5.74) is -0.458. The molecular weight excluding hydrogens is 216 g/mol. The van der Waals surface area contributed by atoms with E-state index in [2.05, 4.69) is 21.4 Å². The number of nitrogens with one attached hydrogen (secondary N) is 1. The molecule has 88 valence electrons. The molecule has 0 unspecified atom stereocenters. The minimum absolute atomic E-state index is 0.257. The molecule has 0 aliphatic heterocycles. The molecule has 5 nitrogen and oxygen atoms in total. The van der Waals surface area contributed by atoms with Gasteiger partial charge in [-0.15, -0.1) is 0 Å². The summed E-state index contributed by atoms with van der Waals surface area (Å²) in [6.07, 6.45) is 8.91. The van der Waals surface area contributed by atoms with Gasteiger partial charge >= 0.3 is 0 Å². The van der Waals surface area contributed by atoms with Crippen molar-refractivity contribution in [3.05, 3.63) is 24.3 Å². The highest BCUT2D eigenvalue weighted by molar-refractivity contribution is 5.92. The van der Waals surface area contributed by atoms with E-state index in [1.165, 1.54) is 18.6 Å². The average Bonchev–Trinajstić information content (AvgIpc) is 2.41. The van der Waals surface area contributed by atoms with Crippen LogP contribution in [0.1, 0.15) is 42.6 Å². The molecule has 0 aromatic carbocycles. The smallest absolute Gasteiger partial charge is 0.272 e. The highest BCUT2D eigenvalue weighted by atomic mass is 16.2. The highest BCUT2D eigenvalue weighted by Crippen LogP contribution is 2.27. The predicted octanol–water partition coefficient (Wildman–Crippen LogP) is 1.43. The van der Waals surface area contributed by atoms with E-state index in [1.807, 2.05) is 0 Å². The van der Waals surface area contributed by atoms with E-state index in [9.17, 15) is 10.1 Å². The van der Waals surface area contributed by atoms with E-state index >= 15 is 0 Å². The zero-order chi connectivity index (χ0) is 12.1. The Hall–Kier alpha value is -1.96. The normalized spacial score (nSPS) is 18.1. The molecular formula is C12H14N4O. The summed E-state index contributed by atoms with van der Waals surface area (Å²) >= 11 is 0. The number of hydrogen-bond donors (Lipinski definition) is 1. The topological polar surface area (TPSA) is 78.7 Å². The summed E-state index contributed by atoms with van der Waals surface area (Å²) in [6.45, 7) is 0. The van der Waals surface area contributed by atoms with Crippen LogP contribution in [0.4, 0.5) is 0 Å². The lowest BCUT2D eigenvalue weighted by molar-refractivity contribution is 0.0897. The first-order chi connectivity index (χ1) is 8.26. The van der Waals surface area contributed by atoms with Crippen LogP contribution in [0, 0.1) is 11.3 Å². The quantitative estimate of drug-likeness (QED) is 0.833. The number of hydrogen-bond acceptors (Lipinski definition) is 4. The molecule has 1 N–H and O–H groups in total. The van der Waals surface area contributed by atoms with Gasteiger partial charge in [-0.1, -0.05) is 19.3 Å². The van der Waals surface area contributed by atoms with Gasteiger partial charge in [0.05, 0.1) is 12.3 Å². The second-order valence-corrected chi connectivity index (χ2v) is 4.30. The Balaban J connectivity index is 2.10. The molecule has 0 atom stereocenters. The number of carbonyl (C=O) groups excluding carboxylic acids is 1. The maximum absolute atomic E-state index is 11.9. The molecule has 1 saturated carbocycles. The first-order valence-corrected chi connectivity index (χ1v) is 5.76. The van der Waals surface area contributed by atoms with Crippen molar-refractivity contribution in [1.29, 1.82) is 5.26 Å². The molecule has 5 heteroatoms. The highest BCUT2D eigenvalue weighted by Gasteiger charge is 2.34. The first-order valence-electron chi connectivity index (χ1n) is 5.76. The summed E-state index contributed by atoms with van der Waals surface area (Å²) in [4.78, 5) is 19.7. The van der Waals surface area contributed by atoms with E-state index in [-0.39, 0.29) is 11.6 Å². The number of nitrogens with zero attached hydrogens (tertiary/aromatic N) is 3. The molecule has 1 aromatic rings. The van der Waals surface area contributed by atoms with Crippen molar-refractivity contribution in [3.63, 3.8) is 0 Å². The molecule has 1 fully saturated rings. The Bertz CT molecular complexity index is 432. The van der Waals surface area contributed by atoms with Crippen LogP contribution in [0.15, 0.2) is 18.6 Å². The predicted molar refractivity (Wildman–Crippen MR) is 60.9 cm³/mol. The molecule has 1 amide bonds. The number of amides is 1. The Morgan fingerprint density at radius 2 is 2.12 bits per heavy atom. The van der Waals surface area contributed by atoms with Crippen LogP contribution in [0.5, 0.6) is 0 Å². The van der Waals surface area contributed by atoms with Gasteiger partial charge in [0.25, 0.3) is 5.91 Å². The third kappa shape index (κ3) is 2.59. The van der Waals surface area contributed by atoms with Crippen molar-refractivity contribution in [3.8, 4) is 6.07 Å². The van der Waals surface area contributed by atoms with E-state index in [4.69, 9.17) is 0 Å². The monoisotopic (exact) mass is 230 g/mol. The zero-order valence-electron chi connectivity index (χ0n) is 9.52. The van der Waals surface area contributed by atoms with Crippen LogP contribution >= 0.6 is 0 Å². The molecule has 0 radical (unpaired) electrons. The third-order valence-corrected chi connectivity index (χ3v) is 3.07. The van der Waals surface area contributed by atoms with Gasteiger partial charge in [-0.05, 0) is 12.8 Å². The van der Waals surface area contributed by atoms with Gasteiger partial charge in [0.15, 0.2) is 0 Å². The largest absolute Gasteiger partial charge is 0.332 e. The maximum atomic E-state index is 11.9. The lowest BCUT2D eigenvalue weighted by atomic mass is 9.83. The molecule has 0 spiro atoms. The van der Waals surface area contributed by atoms with Crippen molar-refractivity contribution in [2.75, 3.05) is 0 Å². The van der Waals surface area contributed by atoms with Crippen molar-refractivity contribution >= 4 is 5.91 Å². The van der Waals surface area contributed by atoms with E-state index < -0.39 is 5.54 Å². The fraction of sp³-hybridized carbons (Fsp3) is 0.500. The SMILES string of the molecule is N#CC1(NC(=O)c2cnccn2)CCCCC1. The molecule has 17 heavy (non-hydrogen) atoms. The van der Waals surface area contributed by atoms with E-state index in [0.29, 0.717) is 0 Å². The average molecular weight is 230 g/mol. The van der Waals surface area contributed by atoms with Crippen LogP contribution in [0.2, 0.25) is 0 Å². The second-order valence-electron chi connectivity index (χ2n) is 4.30. The molecule has 0 saturated heterocycles. The number of aromatic nitrogens is 2. The summed E-state index contributed by atoms with van der Waals surface area (Å²) in [7, 11) is 0. The van der Waals surface area contributed by atoms with Crippen molar-refractivity contribution in [2.24, 2.45) is 0 Å². The summed E-state index contributed by atoms with van der Waals surface area (Å²) < 4.78 is 0. The number of nitriles is 1. The van der Waals surface area contributed by atoms with Gasteiger partial charge in [0.2, 0.25) is 0 Å². The van der Waals surface area contributed by atoms with Crippen LogP contribution in [-0.4, -0.2) is 21.4 Å². The molecule has 1 aliphatic rings. The first kappa shape index (κ1) is 11.5. The molecule has 1 aromatic heterocycles. The van der Waals surface area contributed by atoms with Crippen LogP contribution < -0.4 is 5.32 Å². The Kier molecular flexibility index (Phi) is 3.33. The van der Waals surface area contributed by atoms with Gasteiger partial charge in [0.1, 0.15) is 11.2 Å². The third-order valence-electron chi connectivity index (χ3n) is 3.07. The summed E-state index contributed by atoms with van der Waals surface area (Å²) in [6, 6.07) is 2.24. The van der Waals surface area contributed by atoms with Crippen LogP contribution in [0.25, 0.3) is 0 Å². The van der Waals surface area contributed by atoms with E-state index in [0.717, 1.165) is 32.1 Å². The molecule has 0 bridgehead atoms. The zero-order valence-corrected chi connectivity index (χ0v) is 9.52.